The van der Waals surface area contributed by atoms with Crippen LogP contribution in [0, 0.1) is 0 Å². The highest BCUT2D eigenvalue weighted by Gasteiger charge is 2.25. The molecule has 0 radical (unpaired) electrons. The molecule has 1 aliphatic rings. The van der Waals surface area contributed by atoms with Gasteiger partial charge in [-0.1, -0.05) is 23.2 Å². The highest BCUT2D eigenvalue weighted by molar-refractivity contribution is 9.10. The van der Waals surface area contributed by atoms with Crippen LogP contribution in [0.3, 0.4) is 0 Å². The maximum atomic E-state index is 6.30. The molecule has 0 spiro atoms. The number of benzene rings is 1. The third-order valence-corrected chi connectivity index (χ3v) is 4.28. The lowest BCUT2D eigenvalue weighted by Crippen LogP contribution is -2.16. The molecule has 1 heterocycles. The van der Waals surface area contributed by atoms with E-state index >= 15 is 0 Å². The van der Waals surface area contributed by atoms with E-state index in [1.807, 2.05) is 7.05 Å². The van der Waals surface area contributed by atoms with Crippen LogP contribution in [0.2, 0.25) is 10.0 Å². The summed E-state index contributed by atoms with van der Waals surface area (Å²) in [6.07, 6.45) is 1.99. The van der Waals surface area contributed by atoms with Gasteiger partial charge < -0.3 is 10.1 Å². The second kappa shape index (κ2) is 5.13. The van der Waals surface area contributed by atoms with Crippen molar-refractivity contribution >= 4 is 39.1 Å². The Morgan fingerprint density at radius 3 is 2.94 bits per heavy atom. The van der Waals surface area contributed by atoms with Crippen LogP contribution in [0.25, 0.3) is 0 Å². The molecule has 0 aliphatic carbocycles. The number of rotatable bonds is 1. The monoisotopic (exact) mass is 323 g/mol. The van der Waals surface area contributed by atoms with Crippen molar-refractivity contribution in [2.24, 2.45) is 0 Å². The Bertz CT molecular complexity index is 411. The molecular weight excluding hydrogens is 313 g/mol. The normalized spacial score (nSPS) is 19.9. The Morgan fingerprint density at radius 2 is 2.25 bits per heavy atom. The molecular formula is C11H12BrCl2NO. The van der Waals surface area contributed by atoms with Crippen molar-refractivity contribution in [3.05, 3.63) is 26.1 Å². The summed E-state index contributed by atoms with van der Waals surface area (Å²) in [5.41, 5.74) is 0.959. The molecule has 16 heavy (non-hydrogen) atoms. The van der Waals surface area contributed by atoms with E-state index in [0.29, 0.717) is 22.4 Å². The van der Waals surface area contributed by atoms with Crippen molar-refractivity contribution in [3.8, 4) is 5.75 Å². The number of ether oxygens (including phenoxy) is 1. The topological polar surface area (TPSA) is 21.3 Å². The molecule has 1 aromatic carbocycles. The van der Waals surface area contributed by atoms with Crippen LogP contribution < -0.4 is 10.1 Å². The summed E-state index contributed by atoms with van der Waals surface area (Å²) in [6, 6.07) is 1.97. The fourth-order valence-electron chi connectivity index (χ4n) is 1.95. The fraction of sp³-hybridized carbons (Fsp3) is 0.455. The van der Waals surface area contributed by atoms with Crippen LogP contribution in [0.1, 0.15) is 24.4 Å². The number of nitrogens with one attached hydrogen (secondary N) is 1. The SMILES string of the molecule is CNC1CCCOc2c(Cl)cc(Br)c(Cl)c21. The molecule has 0 saturated carbocycles. The predicted molar refractivity (Wildman–Crippen MR) is 70.7 cm³/mol. The Balaban J connectivity index is 2.61. The summed E-state index contributed by atoms with van der Waals surface area (Å²) < 4.78 is 6.48. The highest BCUT2D eigenvalue weighted by Crippen LogP contribution is 2.44. The van der Waals surface area contributed by atoms with E-state index in [1.54, 1.807) is 6.07 Å². The highest BCUT2D eigenvalue weighted by atomic mass is 79.9. The van der Waals surface area contributed by atoms with E-state index in [0.717, 1.165) is 22.9 Å². The number of halogens is 3. The molecule has 1 atom stereocenters. The second-order valence-corrected chi connectivity index (χ2v) is 5.37. The van der Waals surface area contributed by atoms with Gasteiger partial charge in [0, 0.05) is 16.1 Å². The lowest BCUT2D eigenvalue weighted by molar-refractivity contribution is 0.315. The minimum absolute atomic E-state index is 0.194. The molecule has 0 saturated heterocycles. The maximum absolute atomic E-state index is 6.30. The van der Waals surface area contributed by atoms with Crippen LogP contribution in [0.5, 0.6) is 5.75 Å². The lowest BCUT2D eigenvalue weighted by Gasteiger charge is -2.19. The van der Waals surface area contributed by atoms with Gasteiger partial charge in [0.2, 0.25) is 0 Å². The van der Waals surface area contributed by atoms with Crippen LogP contribution in [0.4, 0.5) is 0 Å². The van der Waals surface area contributed by atoms with E-state index in [9.17, 15) is 0 Å². The van der Waals surface area contributed by atoms with Crippen molar-refractivity contribution in [2.45, 2.75) is 18.9 Å². The van der Waals surface area contributed by atoms with Gasteiger partial charge in [0.25, 0.3) is 0 Å². The first-order chi connectivity index (χ1) is 7.65. The average molecular weight is 325 g/mol. The summed E-state index contributed by atoms with van der Waals surface area (Å²) in [5.74, 6) is 0.715. The molecule has 1 N–H and O–H groups in total. The molecule has 1 unspecified atom stereocenters. The quantitative estimate of drug-likeness (QED) is 0.782. The Kier molecular flexibility index (Phi) is 4.01. The minimum atomic E-state index is 0.194. The van der Waals surface area contributed by atoms with Gasteiger partial charge in [-0.25, -0.2) is 0 Å². The Morgan fingerprint density at radius 1 is 1.50 bits per heavy atom. The van der Waals surface area contributed by atoms with Crippen molar-refractivity contribution in [2.75, 3.05) is 13.7 Å². The van der Waals surface area contributed by atoms with Crippen molar-refractivity contribution in [3.63, 3.8) is 0 Å². The van der Waals surface area contributed by atoms with Gasteiger partial charge in [0.05, 0.1) is 16.7 Å². The molecule has 1 aromatic rings. The summed E-state index contributed by atoms with van der Waals surface area (Å²) in [6.45, 7) is 0.683. The fourth-order valence-corrected chi connectivity index (χ4v) is 3.06. The predicted octanol–water partition coefficient (Wildman–Crippen LogP) is 4.19. The standard InChI is InChI=1S/C11H12BrCl2NO/c1-15-8-3-2-4-16-11-7(13)5-6(12)10(14)9(8)11/h5,8,15H,2-4H2,1H3. The smallest absolute Gasteiger partial charge is 0.144 e. The minimum Gasteiger partial charge on any atom is -0.492 e. The van der Waals surface area contributed by atoms with Gasteiger partial charge in [0.1, 0.15) is 5.75 Å². The van der Waals surface area contributed by atoms with Crippen molar-refractivity contribution in [1.29, 1.82) is 0 Å². The van der Waals surface area contributed by atoms with Crippen LogP contribution >= 0.6 is 39.1 Å². The van der Waals surface area contributed by atoms with Crippen molar-refractivity contribution < 1.29 is 4.74 Å². The molecule has 0 amide bonds. The zero-order valence-electron chi connectivity index (χ0n) is 8.82. The molecule has 0 fully saturated rings. The van der Waals surface area contributed by atoms with Gasteiger partial charge in [0.15, 0.2) is 0 Å². The number of hydrogen-bond acceptors (Lipinski definition) is 2. The number of fused-ring (bicyclic) bond motifs is 1. The molecule has 1 aliphatic heterocycles. The van der Waals surface area contributed by atoms with Gasteiger partial charge in [-0.15, -0.1) is 0 Å². The third kappa shape index (κ3) is 2.19. The van der Waals surface area contributed by atoms with Crippen LogP contribution in [0.15, 0.2) is 10.5 Å². The first-order valence-electron chi connectivity index (χ1n) is 5.12. The van der Waals surface area contributed by atoms with E-state index in [1.165, 1.54) is 0 Å². The third-order valence-electron chi connectivity index (χ3n) is 2.74. The molecule has 0 aromatic heterocycles. The molecule has 2 nitrogen and oxygen atoms in total. The van der Waals surface area contributed by atoms with E-state index < -0.39 is 0 Å². The summed E-state index contributed by atoms with van der Waals surface area (Å²) in [5, 5.41) is 4.54. The molecule has 5 heteroatoms. The second-order valence-electron chi connectivity index (χ2n) is 3.73. The van der Waals surface area contributed by atoms with Gasteiger partial charge in [-0.3, -0.25) is 0 Å². The average Bonchev–Trinajstić information content (AvgIpc) is 2.48. The summed E-state index contributed by atoms with van der Waals surface area (Å²) in [4.78, 5) is 0. The first kappa shape index (κ1) is 12.5. The molecule has 2 rings (SSSR count). The Labute approximate surface area is 113 Å². The summed E-state index contributed by atoms with van der Waals surface area (Å²) >= 11 is 15.9. The first-order valence-corrected chi connectivity index (χ1v) is 6.67. The zero-order valence-corrected chi connectivity index (χ0v) is 11.9. The van der Waals surface area contributed by atoms with Crippen molar-refractivity contribution in [1.82, 2.24) is 5.32 Å². The van der Waals surface area contributed by atoms with E-state index in [-0.39, 0.29) is 6.04 Å². The largest absolute Gasteiger partial charge is 0.492 e. The maximum Gasteiger partial charge on any atom is 0.144 e. The van der Waals surface area contributed by atoms with E-state index in [4.69, 9.17) is 27.9 Å². The van der Waals surface area contributed by atoms with Crippen LogP contribution in [-0.2, 0) is 0 Å². The molecule has 0 bridgehead atoms. The van der Waals surface area contributed by atoms with Crippen LogP contribution in [-0.4, -0.2) is 13.7 Å². The summed E-state index contributed by atoms with van der Waals surface area (Å²) in [7, 11) is 1.92. The lowest BCUT2D eigenvalue weighted by atomic mass is 10.0. The van der Waals surface area contributed by atoms with Gasteiger partial charge >= 0.3 is 0 Å². The zero-order chi connectivity index (χ0) is 11.7. The van der Waals surface area contributed by atoms with Gasteiger partial charge in [-0.2, -0.15) is 0 Å². The Hall–Kier alpha value is 0.0400. The van der Waals surface area contributed by atoms with Gasteiger partial charge in [-0.05, 0) is 41.9 Å². The molecule has 88 valence electrons. The van der Waals surface area contributed by atoms with E-state index in [2.05, 4.69) is 21.2 Å². The number of hydrogen-bond donors (Lipinski definition) is 1.